The fraction of sp³-hybridized carbons (Fsp3) is 0.545. The molecule has 1 unspecified atom stereocenters. The first-order valence-corrected chi connectivity index (χ1v) is 5.26. The van der Waals surface area contributed by atoms with E-state index in [0.717, 1.165) is 5.69 Å². The first-order valence-electron chi connectivity index (χ1n) is 5.26. The fourth-order valence-corrected chi connectivity index (χ4v) is 1.37. The van der Waals surface area contributed by atoms with E-state index in [9.17, 15) is 4.79 Å². The molecule has 2 N–H and O–H groups in total. The van der Waals surface area contributed by atoms with E-state index in [1.165, 1.54) is 0 Å². The Hall–Kier alpha value is -1.65. The van der Waals surface area contributed by atoms with Gasteiger partial charge in [0.2, 0.25) is 0 Å². The van der Waals surface area contributed by atoms with Crippen LogP contribution in [0.1, 0.15) is 26.0 Å². The Bertz CT molecular complexity index is 366. The Morgan fingerprint density at radius 2 is 2.06 bits per heavy atom. The quantitative estimate of drug-likeness (QED) is 0.794. The Balaban J connectivity index is 2.76. The number of hydrogen-bond donors (Lipinski definition) is 2. The summed E-state index contributed by atoms with van der Waals surface area (Å²) in [6, 6.07) is -0.132. The number of carboxylic acids is 1. The normalized spacial score (nSPS) is 12.5. The molecule has 5 heteroatoms. The zero-order chi connectivity index (χ0) is 12.1. The first kappa shape index (κ1) is 12.4. The lowest BCUT2D eigenvalue weighted by Crippen LogP contribution is -2.29. The minimum atomic E-state index is -0.812. The van der Waals surface area contributed by atoms with Crippen molar-refractivity contribution in [3.63, 3.8) is 0 Å². The monoisotopic (exact) mass is 223 g/mol. The molecule has 88 valence electrons. The highest BCUT2D eigenvalue weighted by atomic mass is 16.4. The Labute approximate surface area is 94.9 Å². The van der Waals surface area contributed by atoms with E-state index in [2.05, 4.69) is 15.3 Å². The molecule has 0 aromatic carbocycles. The van der Waals surface area contributed by atoms with E-state index < -0.39 is 5.97 Å². The lowest BCUT2D eigenvalue weighted by molar-refractivity contribution is -0.137. The van der Waals surface area contributed by atoms with Crippen molar-refractivity contribution < 1.29 is 9.90 Å². The molecule has 1 heterocycles. The molecule has 0 bridgehead atoms. The third-order valence-corrected chi connectivity index (χ3v) is 2.40. The third kappa shape index (κ3) is 3.49. The summed E-state index contributed by atoms with van der Waals surface area (Å²) < 4.78 is 0. The van der Waals surface area contributed by atoms with Crippen LogP contribution in [0, 0.1) is 12.8 Å². The minimum absolute atomic E-state index is 0.0771. The van der Waals surface area contributed by atoms with Gasteiger partial charge in [0.05, 0.1) is 12.1 Å². The van der Waals surface area contributed by atoms with Crippen LogP contribution in [0.4, 0.5) is 5.82 Å². The summed E-state index contributed by atoms with van der Waals surface area (Å²) in [6.07, 6.45) is 3.28. The van der Waals surface area contributed by atoms with Crippen LogP contribution in [0.25, 0.3) is 0 Å². The molecule has 16 heavy (non-hydrogen) atoms. The second-order valence-corrected chi connectivity index (χ2v) is 4.08. The van der Waals surface area contributed by atoms with Gasteiger partial charge < -0.3 is 10.4 Å². The van der Waals surface area contributed by atoms with Gasteiger partial charge in [0.25, 0.3) is 0 Å². The van der Waals surface area contributed by atoms with Crippen molar-refractivity contribution in [1.29, 1.82) is 0 Å². The zero-order valence-corrected chi connectivity index (χ0v) is 9.77. The number of nitrogens with one attached hydrogen (secondary N) is 1. The van der Waals surface area contributed by atoms with Crippen molar-refractivity contribution in [3.05, 3.63) is 18.1 Å². The predicted molar refractivity (Wildman–Crippen MR) is 61.3 cm³/mol. The zero-order valence-electron chi connectivity index (χ0n) is 9.77. The second-order valence-electron chi connectivity index (χ2n) is 4.08. The van der Waals surface area contributed by atoms with Crippen LogP contribution >= 0.6 is 0 Å². The summed E-state index contributed by atoms with van der Waals surface area (Å²) >= 11 is 0. The van der Waals surface area contributed by atoms with Gasteiger partial charge in [-0.15, -0.1) is 0 Å². The molecule has 1 aromatic heterocycles. The van der Waals surface area contributed by atoms with Crippen molar-refractivity contribution in [2.75, 3.05) is 5.32 Å². The lowest BCUT2D eigenvalue weighted by Gasteiger charge is -2.21. The molecular weight excluding hydrogens is 206 g/mol. The molecule has 1 rings (SSSR count). The number of carbonyl (C=O) groups is 1. The Kier molecular flexibility index (Phi) is 4.22. The topological polar surface area (TPSA) is 75.1 Å². The highest BCUT2D eigenvalue weighted by molar-refractivity contribution is 5.68. The molecule has 0 saturated heterocycles. The van der Waals surface area contributed by atoms with Crippen LogP contribution in [0.15, 0.2) is 12.4 Å². The van der Waals surface area contributed by atoms with E-state index in [1.807, 2.05) is 20.8 Å². The molecule has 1 atom stereocenters. The molecular formula is C11H17N3O2. The van der Waals surface area contributed by atoms with Gasteiger partial charge in [0.15, 0.2) is 0 Å². The maximum atomic E-state index is 10.7. The lowest BCUT2D eigenvalue weighted by atomic mass is 10.0. The third-order valence-electron chi connectivity index (χ3n) is 2.40. The summed E-state index contributed by atoms with van der Waals surface area (Å²) in [5.41, 5.74) is 0.776. The molecule has 1 aromatic rings. The Morgan fingerprint density at radius 3 is 2.56 bits per heavy atom. The van der Waals surface area contributed by atoms with Gasteiger partial charge in [-0.05, 0) is 12.8 Å². The molecule has 0 fully saturated rings. The molecule has 0 aliphatic rings. The first-order chi connectivity index (χ1) is 7.50. The van der Waals surface area contributed by atoms with Crippen LogP contribution < -0.4 is 5.32 Å². The molecule has 5 nitrogen and oxygen atoms in total. The van der Waals surface area contributed by atoms with E-state index in [4.69, 9.17) is 5.11 Å². The average Bonchev–Trinajstić information content (AvgIpc) is 2.19. The van der Waals surface area contributed by atoms with Gasteiger partial charge in [0.1, 0.15) is 5.82 Å². The molecule has 0 radical (unpaired) electrons. The molecule has 0 spiro atoms. The van der Waals surface area contributed by atoms with Crippen molar-refractivity contribution in [2.45, 2.75) is 33.2 Å². The van der Waals surface area contributed by atoms with E-state index in [-0.39, 0.29) is 18.4 Å². The van der Waals surface area contributed by atoms with Crippen molar-refractivity contribution in [1.82, 2.24) is 9.97 Å². The summed E-state index contributed by atoms with van der Waals surface area (Å²) in [5.74, 6) is 0.0627. The molecule has 0 aliphatic carbocycles. The summed E-state index contributed by atoms with van der Waals surface area (Å²) in [5, 5.41) is 11.9. The number of anilines is 1. The van der Waals surface area contributed by atoms with Crippen LogP contribution in [-0.4, -0.2) is 27.1 Å². The van der Waals surface area contributed by atoms with Crippen LogP contribution in [0.3, 0.4) is 0 Å². The highest BCUT2D eigenvalue weighted by Crippen LogP contribution is 2.15. The molecule has 0 saturated carbocycles. The van der Waals surface area contributed by atoms with E-state index in [0.29, 0.717) is 5.82 Å². The number of rotatable bonds is 5. The minimum Gasteiger partial charge on any atom is -0.481 e. The fourth-order valence-electron chi connectivity index (χ4n) is 1.37. The predicted octanol–water partition coefficient (Wildman–Crippen LogP) is 1.70. The smallest absolute Gasteiger partial charge is 0.305 e. The van der Waals surface area contributed by atoms with Gasteiger partial charge in [-0.25, -0.2) is 4.98 Å². The standard InChI is InChI=1S/C11H17N3O2/c1-7(2)9(6-10(15)16)14-11-8(3)12-4-5-13-11/h4-5,7,9H,6H2,1-3H3,(H,13,14)(H,15,16). The van der Waals surface area contributed by atoms with Gasteiger partial charge in [-0.1, -0.05) is 13.8 Å². The number of hydrogen-bond acceptors (Lipinski definition) is 4. The summed E-state index contributed by atoms with van der Waals surface area (Å²) in [7, 11) is 0. The van der Waals surface area contributed by atoms with Crippen molar-refractivity contribution in [2.24, 2.45) is 5.92 Å². The number of nitrogens with zero attached hydrogens (tertiary/aromatic N) is 2. The van der Waals surface area contributed by atoms with Gasteiger partial charge in [0, 0.05) is 18.4 Å². The van der Waals surface area contributed by atoms with Gasteiger partial charge in [-0.2, -0.15) is 0 Å². The number of aliphatic carboxylic acids is 1. The van der Waals surface area contributed by atoms with Crippen molar-refractivity contribution in [3.8, 4) is 0 Å². The second kappa shape index (κ2) is 5.44. The SMILES string of the molecule is Cc1nccnc1NC(CC(=O)O)C(C)C. The van der Waals surface area contributed by atoms with E-state index in [1.54, 1.807) is 12.4 Å². The van der Waals surface area contributed by atoms with Gasteiger partial charge >= 0.3 is 5.97 Å². The molecule has 0 amide bonds. The van der Waals surface area contributed by atoms with Crippen LogP contribution in [-0.2, 0) is 4.79 Å². The average molecular weight is 223 g/mol. The number of carboxylic acid groups (broad SMARTS) is 1. The number of aromatic nitrogens is 2. The van der Waals surface area contributed by atoms with Crippen LogP contribution in [0.2, 0.25) is 0 Å². The molecule has 0 aliphatic heterocycles. The maximum absolute atomic E-state index is 10.7. The highest BCUT2D eigenvalue weighted by Gasteiger charge is 2.18. The van der Waals surface area contributed by atoms with E-state index >= 15 is 0 Å². The van der Waals surface area contributed by atoms with Crippen LogP contribution in [0.5, 0.6) is 0 Å². The number of aryl methyl sites for hydroxylation is 1. The van der Waals surface area contributed by atoms with Gasteiger partial charge in [-0.3, -0.25) is 9.78 Å². The summed E-state index contributed by atoms with van der Waals surface area (Å²) in [4.78, 5) is 19.0. The van der Waals surface area contributed by atoms with Crippen molar-refractivity contribution >= 4 is 11.8 Å². The summed E-state index contributed by atoms with van der Waals surface area (Å²) in [6.45, 7) is 5.80. The maximum Gasteiger partial charge on any atom is 0.305 e. The Morgan fingerprint density at radius 1 is 1.44 bits per heavy atom. The largest absolute Gasteiger partial charge is 0.481 e.